The maximum Gasteiger partial charge on any atom is 0.308 e. The third-order valence-corrected chi connectivity index (χ3v) is 1.06. The minimum atomic E-state index is -0.309. The van der Waals surface area contributed by atoms with Gasteiger partial charge in [-0.3, -0.25) is 4.79 Å². The predicted molar refractivity (Wildman–Crippen MR) is 41.3 cm³/mol. The summed E-state index contributed by atoms with van der Waals surface area (Å²) in [5.74, 6) is 0.231. The van der Waals surface area contributed by atoms with Gasteiger partial charge in [0, 0.05) is 19.3 Å². The fraction of sp³-hybridized carbons (Fsp3) is 0.125. The van der Waals surface area contributed by atoms with E-state index in [1.807, 2.05) is 0 Å². The van der Waals surface area contributed by atoms with Crippen LogP contribution in [-0.4, -0.2) is 5.97 Å². The highest BCUT2D eigenvalue weighted by molar-refractivity contribution is 5.67. The number of nitrogens with one attached hydrogen (secondary N) is 1. The molecular formula is C8H9NO2. The van der Waals surface area contributed by atoms with Crippen LogP contribution >= 0.6 is 0 Å². The first-order chi connectivity index (χ1) is 5.29. The van der Waals surface area contributed by atoms with Gasteiger partial charge in [0.15, 0.2) is 0 Å². The van der Waals surface area contributed by atoms with Gasteiger partial charge in [-0.15, -0.1) is 0 Å². The summed E-state index contributed by atoms with van der Waals surface area (Å²) >= 11 is 0. The molecule has 0 amide bonds. The Balaban J connectivity index is 2.62. The molecule has 0 atom stereocenters. The molecule has 0 aromatic carbocycles. The zero-order valence-electron chi connectivity index (χ0n) is 6.20. The highest BCUT2D eigenvalue weighted by Gasteiger charge is 1.96. The van der Waals surface area contributed by atoms with Gasteiger partial charge in [0.05, 0.1) is 0 Å². The van der Waals surface area contributed by atoms with E-state index >= 15 is 0 Å². The lowest BCUT2D eigenvalue weighted by Crippen LogP contribution is -1.96. The lowest BCUT2D eigenvalue weighted by atomic mass is 10.4. The third kappa shape index (κ3) is 2.71. The summed E-state index contributed by atoms with van der Waals surface area (Å²) in [5, 5.41) is 2.85. The van der Waals surface area contributed by atoms with Crippen molar-refractivity contribution in [2.24, 2.45) is 0 Å². The number of carbonyl (C=O) groups is 1. The second-order valence-corrected chi connectivity index (χ2v) is 2.02. The Hall–Kier alpha value is -1.51. The van der Waals surface area contributed by atoms with Crippen molar-refractivity contribution in [3.05, 3.63) is 36.4 Å². The molecule has 11 heavy (non-hydrogen) atoms. The SMILES string of the molecule is CC(=O)OC1=CC=CNC=C1. The van der Waals surface area contributed by atoms with Gasteiger partial charge in [-0.2, -0.15) is 0 Å². The molecule has 3 nitrogen and oxygen atoms in total. The normalized spacial score (nSPS) is 14.8. The third-order valence-electron chi connectivity index (χ3n) is 1.06. The Morgan fingerprint density at radius 1 is 1.55 bits per heavy atom. The number of esters is 1. The van der Waals surface area contributed by atoms with Crippen LogP contribution in [0.1, 0.15) is 6.92 Å². The van der Waals surface area contributed by atoms with Crippen LogP contribution in [0.5, 0.6) is 0 Å². The molecule has 1 aliphatic rings. The van der Waals surface area contributed by atoms with Crippen LogP contribution in [0, 0.1) is 0 Å². The van der Waals surface area contributed by atoms with Crippen molar-refractivity contribution < 1.29 is 9.53 Å². The van der Waals surface area contributed by atoms with Crippen LogP contribution < -0.4 is 5.32 Å². The molecule has 0 saturated heterocycles. The monoisotopic (exact) mass is 151 g/mol. The van der Waals surface area contributed by atoms with Gasteiger partial charge in [-0.05, 0) is 18.2 Å². The fourth-order valence-corrected chi connectivity index (χ4v) is 0.674. The first-order valence-corrected chi connectivity index (χ1v) is 3.27. The summed E-state index contributed by atoms with van der Waals surface area (Å²) in [7, 11) is 0. The van der Waals surface area contributed by atoms with Crippen LogP contribution in [0.25, 0.3) is 0 Å². The topological polar surface area (TPSA) is 38.3 Å². The lowest BCUT2D eigenvalue weighted by Gasteiger charge is -1.97. The second-order valence-electron chi connectivity index (χ2n) is 2.02. The van der Waals surface area contributed by atoms with Crippen LogP contribution in [0.3, 0.4) is 0 Å². The molecule has 0 spiro atoms. The zero-order valence-corrected chi connectivity index (χ0v) is 6.20. The number of hydrogen-bond acceptors (Lipinski definition) is 3. The maximum absolute atomic E-state index is 10.5. The van der Waals surface area contributed by atoms with Gasteiger partial charge in [0.2, 0.25) is 0 Å². The van der Waals surface area contributed by atoms with E-state index in [0.29, 0.717) is 5.76 Å². The van der Waals surface area contributed by atoms with Gasteiger partial charge in [-0.25, -0.2) is 0 Å². The molecule has 3 heteroatoms. The smallest absolute Gasteiger partial charge is 0.308 e. The van der Waals surface area contributed by atoms with E-state index in [-0.39, 0.29) is 5.97 Å². The van der Waals surface area contributed by atoms with Crippen molar-refractivity contribution in [1.82, 2.24) is 5.32 Å². The van der Waals surface area contributed by atoms with Crippen molar-refractivity contribution in [2.45, 2.75) is 6.92 Å². The quantitative estimate of drug-likeness (QED) is 0.569. The summed E-state index contributed by atoms with van der Waals surface area (Å²) in [4.78, 5) is 10.5. The van der Waals surface area contributed by atoms with E-state index in [9.17, 15) is 4.79 Å². The van der Waals surface area contributed by atoms with Crippen molar-refractivity contribution in [3.8, 4) is 0 Å². The van der Waals surface area contributed by atoms with Crippen LogP contribution in [0.2, 0.25) is 0 Å². The fourth-order valence-electron chi connectivity index (χ4n) is 0.674. The van der Waals surface area contributed by atoms with Crippen LogP contribution in [0.15, 0.2) is 36.4 Å². The van der Waals surface area contributed by atoms with E-state index in [0.717, 1.165) is 0 Å². The molecule has 1 aliphatic heterocycles. The largest absolute Gasteiger partial charge is 0.427 e. The first kappa shape index (κ1) is 7.60. The molecule has 0 fully saturated rings. The van der Waals surface area contributed by atoms with Gasteiger partial charge in [0.1, 0.15) is 5.76 Å². The Morgan fingerprint density at radius 2 is 2.36 bits per heavy atom. The number of allylic oxidation sites excluding steroid dienone is 3. The first-order valence-electron chi connectivity index (χ1n) is 3.27. The summed E-state index contributed by atoms with van der Waals surface area (Å²) in [6, 6.07) is 0. The van der Waals surface area contributed by atoms with E-state index in [2.05, 4.69) is 5.32 Å². The highest BCUT2D eigenvalue weighted by Crippen LogP contribution is 2.01. The minimum Gasteiger partial charge on any atom is -0.427 e. The van der Waals surface area contributed by atoms with Crippen LogP contribution in [-0.2, 0) is 9.53 Å². The van der Waals surface area contributed by atoms with Crippen molar-refractivity contribution in [3.63, 3.8) is 0 Å². The van der Waals surface area contributed by atoms with Crippen molar-refractivity contribution in [1.29, 1.82) is 0 Å². The standard InChI is InChI=1S/C8H9NO2/c1-7(10)11-8-3-2-5-9-6-4-8/h2-6,9H,1H3. The molecular weight excluding hydrogens is 142 g/mol. The van der Waals surface area contributed by atoms with Crippen molar-refractivity contribution >= 4 is 5.97 Å². The Morgan fingerprint density at radius 3 is 3.09 bits per heavy atom. The van der Waals surface area contributed by atoms with Crippen molar-refractivity contribution in [2.75, 3.05) is 0 Å². The van der Waals surface area contributed by atoms with E-state index in [1.54, 1.807) is 30.6 Å². The molecule has 0 aliphatic carbocycles. The Labute approximate surface area is 65.0 Å². The number of ether oxygens (including phenoxy) is 1. The van der Waals surface area contributed by atoms with E-state index in [1.165, 1.54) is 6.92 Å². The Bertz CT molecular complexity index is 238. The van der Waals surface area contributed by atoms with E-state index in [4.69, 9.17) is 4.74 Å². The predicted octanol–water partition coefficient (Wildman–Crippen LogP) is 1.06. The maximum atomic E-state index is 10.5. The average molecular weight is 151 g/mol. The summed E-state index contributed by atoms with van der Waals surface area (Å²) < 4.78 is 4.82. The summed E-state index contributed by atoms with van der Waals surface area (Å²) in [6.07, 6.45) is 8.59. The minimum absolute atomic E-state index is 0.309. The lowest BCUT2D eigenvalue weighted by molar-refractivity contribution is -0.136. The molecule has 1 rings (SSSR count). The molecule has 0 radical (unpaired) electrons. The number of rotatable bonds is 1. The second kappa shape index (κ2) is 3.61. The van der Waals surface area contributed by atoms with E-state index < -0.39 is 0 Å². The molecule has 0 unspecified atom stereocenters. The zero-order chi connectivity index (χ0) is 8.10. The van der Waals surface area contributed by atoms with Crippen LogP contribution in [0.4, 0.5) is 0 Å². The van der Waals surface area contributed by atoms with Gasteiger partial charge < -0.3 is 10.1 Å². The summed E-state index contributed by atoms with van der Waals surface area (Å²) in [6.45, 7) is 1.37. The number of carbonyl (C=O) groups excluding carboxylic acids is 1. The molecule has 0 saturated carbocycles. The molecule has 0 aromatic rings. The average Bonchev–Trinajstić information content (AvgIpc) is 2.14. The molecule has 0 aromatic heterocycles. The van der Waals surface area contributed by atoms with Gasteiger partial charge >= 0.3 is 5.97 Å². The molecule has 0 bridgehead atoms. The van der Waals surface area contributed by atoms with Gasteiger partial charge in [0.25, 0.3) is 0 Å². The highest BCUT2D eigenvalue weighted by atomic mass is 16.5. The molecule has 1 heterocycles. The molecule has 1 N–H and O–H groups in total. The summed E-state index contributed by atoms with van der Waals surface area (Å²) in [5.41, 5.74) is 0. The van der Waals surface area contributed by atoms with Gasteiger partial charge in [-0.1, -0.05) is 0 Å². The number of hydrogen-bond donors (Lipinski definition) is 1. The molecule has 58 valence electrons. The Kier molecular flexibility index (Phi) is 2.49.